The quantitative estimate of drug-likeness (QED) is 0.777. The molecule has 0 aliphatic heterocycles. The van der Waals surface area contributed by atoms with Crippen molar-refractivity contribution >= 4 is 17.6 Å². The van der Waals surface area contributed by atoms with E-state index in [1.54, 1.807) is 31.2 Å². The number of carbonyl (C=O) groups excluding carboxylic acids is 2. The summed E-state index contributed by atoms with van der Waals surface area (Å²) in [5.74, 6) is -0.609. The van der Waals surface area contributed by atoms with Crippen molar-refractivity contribution in [3.8, 4) is 0 Å². The highest BCUT2D eigenvalue weighted by Crippen LogP contribution is 2.11. The van der Waals surface area contributed by atoms with Crippen molar-refractivity contribution in [1.82, 2.24) is 0 Å². The summed E-state index contributed by atoms with van der Waals surface area (Å²) in [5, 5.41) is 2.67. The third-order valence-corrected chi connectivity index (χ3v) is 2.44. The third-order valence-electron chi connectivity index (χ3n) is 2.44. The van der Waals surface area contributed by atoms with Gasteiger partial charge in [-0.25, -0.2) is 4.79 Å². The van der Waals surface area contributed by atoms with E-state index in [0.717, 1.165) is 0 Å². The molecule has 0 saturated heterocycles. The number of carbonyl (C=O) groups is 2. The molecule has 1 amide bonds. The van der Waals surface area contributed by atoms with Crippen LogP contribution in [0.4, 0.5) is 5.69 Å². The first-order valence-corrected chi connectivity index (χ1v) is 5.92. The number of esters is 1. The monoisotopic (exact) mass is 250 g/mol. The Hall–Kier alpha value is -1.88. The molecule has 0 aliphatic rings. The second-order valence-electron chi connectivity index (χ2n) is 3.80. The lowest BCUT2D eigenvalue weighted by Crippen LogP contribution is -2.34. The first kappa shape index (κ1) is 14.2. The lowest BCUT2D eigenvalue weighted by atomic mass is 10.2. The summed E-state index contributed by atoms with van der Waals surface area (Å²) < 4.78 is 4.86. The average molecular weight is 250 g/mol. The predicted octanol–water partition coefficient (Wildman–Crippen LogP) is 1.54. The lowest BCUT2D eigenvalue weighted by Gasteiger charge is -2.10. The summed E-state index contributed by atoms with van der Waals surface area (Å²) in [4.78, 5) is 22.9. The van der Waals surface area contributed by atoms with Gasteiger partial charge in [-0.15, -0.1) is 0 Å². The molecule has 1 atom stereocenters. The number of amides is 1. The zero-order chi connectivity index (χ0) is 13.5. The number of nitrogens with two attached hydrogens (primary N) is 1. The SMILES string of the molecule is CCOC(=O)c1ccc(NC(=O)[C@H](N)CC)cc1. The van der Waals surface area contributed by atoms with Crippen LogP contribution in [-0.2, 0) is 9.53 Å². The van der Waals surface area contributed by atoms with Crippen LogP contribution in [0.15, 0.2) is 24.3 Å². The van der Waals surface area contributed by atoms with Crippen molar-refractivity contribution in [1.29, 1.82) is 0 Å². The molecule has 0 aromatic heterocycles. The van der Waals surface area contributed by atoms with Gasteiger partial charge in [0, 0.05) is 5.69 Å². The Bertz CT molecular complexity index is 415. The van der Waals surface area contributed by atoms with Gasteiger partial charge in [0.1, 0.15) is 0 Å². The van der Waals surface area contributed by atoms with Gasteiger partial charge < -0.3 is 15.8 Å². The van der Waals surface area contributed by atoms with Gasteiger partial charge >= 0.3 is 5.97 Å². The molecule has 0 bridgehead atoms. The zero-order valence-electron chi connectivity index (χ0n) is 10.6. The van der Waals surface area contributed by atoms with Gasteiger partial charge in [0.15, 0.2) is 0 Å². The van der Waals surface area contributed by atoms with Crippen LogP contribution in [0.1, 0.15) is 30.6 Å². The summed E-state index contributed by atoms with van der Waals surface area (Å²) in [6.45, 7) is 3.93. The Morgan fingerprint density at radius 2 is 1.89 bits per heavy atom. The molecule has 0 aliphatic carbocycles. The van der Waals surface area contributed by atoms with Crippen LogP contribution in [0.3, 0.4) is 0 Å². The van der Waals surface area contributed by atoms with Crippen molar-refractivity contribution in [2.45, 2.75) is 26.3 Å². The van der Waals surface area contributed by atoms with E-state index in [-0.39, 0.29) is 11.9 Å². The summed E-state index contributed by atoms with van der Waals surface area (Å²) in [7, 11) is 0. The van der Waals surface area contributed by atoms with Crippen LogP contribution in [0.5, 0.6) is 0 Å². The second-order valence-corrected chi connectivity index (χ2v) is 3.80. The maximum Gasteiger partial charge on any atom is 0.338 e. The van der Waals surface area contributed by atoms with Crippen LogP contribution < -0.4 is 11.1 Å². The molecule has 3 N–H and O–H groups in total. The molecule has 5 heteroatoms. The minimum absolute atomic E-state index is 0.235. The summed E-state index contributed by atoms with van der Waals surface area (Å²) in [5.41, 5.74) is 6.66. The fourth-order valence-electron chi connectivity index (χ4n) is 1.32. The summed E-state index contributed by atoms with van der Waals surface area (Å²) >= 11 is 0. The van der Waals surface area contributed by atoms with E-state index in [2.05, 4.69) is 5.32 Å². The number of hydrogen-bond donors (Lipinski definition) is 2. The fourth-order valence-corrected chi connectivity index (χ4v) is 1.32. The highest BCUT2D eigenvalue weighted by atomic mass is 16.5. The Morgan fingerprint density at radius 3 is 2.39 bits per heavy atom. The topological polar surface area (TPSA) is 81.4 Å². The van der Waals surface area contributed by atoms with Crippen molar-refractivity contribution in [3.05, 3.63) is 29.8 Å². The molecule has 0 saturated carbocycles. The highest BCUT2D eigenvalue weighted by Gasteiger charge is 2.11. The minimum atomic E-state index is -0.519. The molecule has 5 nitrogen and oxygen atoms in total. The zero-order valence-corrected chi connectivity index (χ0v) is 10.6. The second kappa shape index (κ2) is 6.76. The fraction of sp³-hybridized carbons (Fsp3) is 0.385. The molecule has 1 aromatic carbocycles. The van der Waals surface area contributed by atoms with Crippen LogP contribution in [0.25, 0.3) is 0 Å². The van der Waals surface area contributed by atoms with E-state index in [4.69, 9.17) is 10.5 Å². The molecular weight excluding hydrogens is 232 g/mol. The van der Waals surface area contributed by atoms with Crippen molar-refractivity contribution in [3.63, 3.8) is 0 Å². The molecule has 1 aromatic rings. The molecule has 0 unspecified atom stereocenters. The van der Waals surface area contributed by atoms with Crippen molar-refractivity contribution < 1.29 is 14.3 Å². The molecule has 98 valence electrons. The van der Waals surface area contributed by atoms with E-state index in [1.807, 2.05) is 6.92 Å². The van der Waals surface area contributed by atoms with E-state index >= 15 is 0 Å². The summed E-state index contributed by atoms with van der Waals surface area (Å²) in [6.07, 6.45) is 0.576. The molecule has 1 rings (SSSR count). The lowest BCUT2D eigenvalue weighted by molar-refractivity contribution is -0.117. The number of nitrogens with one attached hydrogen (secondary N) is 1. The van der Waals surface area contributed by atoms with Gasteiger partial charge in [-0.1, -0.05) is 6.92 Å². The number of hydrogen-bond acceptors (Lipinski definition) is 4. The number of anilines is 1. The molecule has 0 heterocycles. The predicted molar refractivity (Wildman–Crippen MR) is 69.3 cm³/mol. The molecule has 0 radical (unpaired) electrons. The van der Waals surface area contributed by atoms with Gasteiger partial charge in [0.25, 0.3) is 0 Å². The average Bonchev–Trinajstić information content (AvgIpc) is 2.38. The first-order valence-electron chi connectivity index (χ1n) is 5.92. The molecular formula is C13H18N2O3. The van der Waals surface area contributed by atoms with Gasteiger partial charge in [0.05, 0.1) is 18.2 Å². The maximum absolute atomic E-state index is 11.5. The summed E-state index contributed by atoms with van der Waals surface area (Å²) in [6, 6.07) is 5.98. The van der Waals surface area contributed by atoms with Gasteiger partial charge in [-0.05, 0) is 37.6 Å². The Kier molecular flexibility index (Phi) is 5.32. The van der Waals surface area contributed by atoms with E-state index < -0.39 is 6.04 Å². The molecule has 0 spiro atoms. The molecule has 18 heavy (non-hydrogen) atoms. The minimum Gasteiger partial charge on any atom is -0.462 e. The van der Waals surface area contributed by atoms with E-state index in [1.165, 1.54) is 0 Å². The Morgan fingerprint density at radius 1 is 1.28 bits per heavy atom. The van der Waals surface area contributed by atoms with Crippen molar-refractivity contribution in [2.75, 3.05) is 11.9 Å². The number of benzene rings is 1. The van der Waals surface area contributed by atoms with Crippen LogP contribution in [-0.4, -0.2) is 24.5 Å². The van der Waals surface area contributed by atoms with Crippen LogP contribution in [0.2, 0.25) is 0 Å². The standard InChI is InChI=1S/C13H18N2O3/c1-3-11(14)12(16)15-10-7-5-9(6-8-10)13(17)18-4-2/h5-8,11H,3-4,14H2,1-2H3,(H,15,16)/t11-/m1/s1. The van der Waals surface area contributed by atoms with Gasteiger partial charge in [-0.3, -0.25) is 4.79 Å². The normalized spacial score (nSPS) is 11.7. The Balaban J connectivity index is 2.66. The van der Waals surface area contributed by atoms with Crippen LogP contribution in [0, 0.1) is 0 Å². The number of rotatable bonds is 5. The van der Waals surface area contributed by atoms with E-state index in [9.17, 15) is 9.59 Å². The Labute approximate surface area is 106 Å². The van der Waals surface area contributed by atoms with E-state index in [0.29, 0.717) is 24.3 Å². The third kappa shape index (κ3) is 3.85. The smallest absolute Gasteiger partial charge is 0.338 e. The van der Waals surface area contributed by atoms with Gasteiger partial charge in [-0.2, -0.15) is 0 Å². The largest absolute Gasteiger partial charge is 0.462 e. The van der Waals surface area contributed by atoms with Gasteiger partial charge in [0.2, 0.25) is 5.91 Å². The number of ether oxygens (including phenoxy) is 1. The van der Waals surface area contributed by atoms with Crippen molar-refractivity contribution in [2.24, 2.45) is 5.73 Å². The maximum atomic E-state index is 11.5. The van der Waals surface area contributed by atoms with Crippen LogP contribution >= 0.6 is 0 Å². The first-order chi connectivity index (χ1) is 8.58. The molecule has 0 fully saturated rings. The highest BCUT2D eigenvalue weighted by molar-refractivity contribution is 5.95.